The van der Waals surface area contributed by atoms with Crippen molar-refractivity contribution in [2.24, 2.45) is 0 Å². The van der Waals surface area contributed by atoms with Gasteiger partial charge >= 0.3 is 0 Å². The van der Waals surface area contributed by atoms with Gasteiger partial charge in [-0.1, -0.05) is 23.7 Å². The number of benzene rings is 1. The Hall–Kier alpha value is -0.350. The molecule has 1 aromatic heterocycles. The van der Waals surface area contributed by atoms with Gasteiger partial charge in [-0.25, -0.2) is 0 Å². The minimum Gasteiger partial charge on any atom is -0.388 e. The lowest BCUT2D eigenvalue weighted by molar-refractivity contribution is 0.179. The number of thiophene rings is 1. The summed E-state index contributed by atoms with van der Waals surface area (Å²) in [4.78, 5) is 1.16. The van der Waals surface area contributed by atoms with Gasteiger partial charge in [0.2, 0.25) is 0 Å². The van der Waals surface area contributed by atoms with Crippen LogP contribution < -0.4 is 0 Å². The van der Waals surface area contributed by atoms with Gasteiger partial charge in [0.15, 0.2) is 0 Å². The predicted molar refractivity (Wildman–Crippen MR) is 72.1 cm³/mol. The van der Waals surface area contributed by atoms with Crippen molar-refractivity contribution in [3.63, 3.8) is 0 Å². The molecule has 1 aromatic carbocycles. The van der Waals surface area contributed by atoms with E-state index in [4.69, 9.17) is 11.6 Å². The molecule has 84 valence electrons. The fourth-order valence-electron chi connectivity index (χ4n) is 1.45. The molecule has 0 aliphatic heterocycles. The van der Waals surface area contributed by atoms with Crippen molar-refractivity contribution in [1.82, 2.24) is 0 Å². The molecule has 1 unspecified atom stereocenters. The summed E-state index contributed by atoms with van der Waals surface area (Å²) in [6.45, 7) is 0. The molecule has 2 rings (SSSR count). The average Bonchev–Trinajstić information content (AvgIpc) is 2.65. The molecule has 0 fully saturated rings. The summed E-state index contributed by atoms with van der Waals surface area (Å²) >= 11 is 10.8. The number of aliphatic hydroxyl groups is 1. The van der Waals surface area contributed by atoms with Gasteiger partial charge in [0, 0.05) is 16.3 Å². The molecule has 1 N–H and O–H groups in total. The van der Waals surface area contributed by atoms with E-state index in [1.807, 2.05) is 24.3 Å². The van der Waals surface area contributed by atoms with Crippen LogP contribution in [0, 0.1) is 0 Å². The maximum Gasteiger partial charge on any atom is 0.0838 e. The SMILES string of the molecule is OC(Cc1ccc(Br)s1)c1ccc(Cl)cc1. The molecule has 2 aromatic rings. The van der Waals surface area contributed by atoms with Crippen LogP contribution >= 0.6 is 38.9 Å². The van der Waals surface area contributed by atoms with E-state index in [1.54, 1.807) is 23.5 Å². The maximum absolute atomic E-state index is 10.0. The van der Waals surface area contributed by atoms with Crippen molar-refractivity contribution in [2.75, 3.05) is 0 Å². The van der Waals surface area contributed by atoms with E-state index in [0.29, 0.717) is 11.4 Å². The standard InChI is InChI=1S/C12H10BrClOS/c13-12-6-5-10(16-12)7-11(15)8-1-3-9(14)4-2-8/h1-6,11,15H,7H2. The topological polar surface area (TPSA) is 20.2 Å². The maximum atomic E-state index is 10.0. The van der Waals surface area contributed by atoms with Crippen LogP contribution in [0.3, 0.4) is 0 Å². The summed E-state index contributed by atoms with van der Waals surface area (Å²) < 4.78 is 1.09. The second-order valence-corrected chi connectivity index (χ2v) is 6.46. The third kappa shape index (κ3) is 3.08. The average molecular weight is 318 g/mol. The number of aliphatic hydroxyl groups excluding tert-OH is 1. The molecule has 0 aliphatic carbocycles. The van der Waals surface area contributed by atoms with E-state index < -0.39 is 6.10 Å². The molecule has 0 saturated heterocycles. The summed E-state index contributed by atoms with van der Waals surface area (Å²) in [6, 6.07) is 11.3. The highest BCUT2D eigenvalue weighted by Gasteiger charge is 2.09. The minimum absolute atomic E-state index is 0.470. The smallest absolute Gasteiger partial charge is 0.0838 e. The molecular weight excluding hydrogens is 308 g/mol. The minimum atomic E-state index is -0.470. The Kier molecular flexibility index (Phi) is 4.03. The first-order valence-electron chi connectivity index (χ1n) is 4.83. The predicted octanol–water partition coefficient (Wildman–Crippen LogP) is 4.44. The molecule has 1 heterocycles. The molecule has 0 radical (unpaired) electrons. The second-order valence-electron chi connectivity index (χ2n) is 3.48. The molecular formula is C12H10BrClOS. The molecule has 1 atom stereocenters. The summed E-state index contributed by atoms with van der Waals surface area (Å²) in [6.07, 6.45) is 0.167. The van der Waals surface area contributed by atoms with E-state index in [1.165, 1.54) is 0 Å². The van der Waals surface area contributed by atoms with Gasteiger partial charge in [0.25, 0.3) is 0 Å². The van der Waals surface area contributed by atoms with E-state index >= 15 is 0 Å². The van der Waals surface area contributed by atoms with Gasteiger partial charge in [0.05, 0.1) is 9.89 Å². The first-order valence-corrected chi connectivity index (χ1v) is 6.81. The molecule has 0 bridgehead atoms. The third-order valence-electron chi connectivity index (χ3n) is 2.28. The van der Waals surface area contributed by atoms with E-state index in [2.05, 4.69) is 15.9 Å². The van der Waals surface area contributed by atoms with Crippen LogP contribution in [0.15, 0.2) is 40.2 Å². The lowest BCUT2D eigenvalue weighted by atomic mass is 10.1. The quantitative estimate of drug-likeness (QED) is 0.887. The van der Waals surface area contributed by atoms with Gasteiger partial charge < -0.3 is 5.11 Å². The molecule has 16 heavy (non-hydrogen) atoms. The van der Waals surface area contributed by atoms with Crippen molar-refractivity contribution in [2.45, 2.75) is 12.5 Å². The van der Waals surface area contributed by atoms with E-state index in [-0.39, 0.29) is 0 Å². The Morgan fingerprint density at radius 1 is 1.19 bits per heavy atom. The molecule has 0 amide bonds. The zero-order valence-corrected chi connectivity index (χ0v) is 11.5. The fraction of sp³-hybridized carbons (Fsp3) is 0.167. The third-order valence-corrected chi connectivity index (χ3v) is 4.18. The van der Waals surface area contributed by atoms with Crippen LogP contribution in [0.4, 0.5) is 0 Å². The Morgan fingerprint density at radius 3 is 2.44 bits per heavy atom. The van der Waals surface area contributed by atoms with Gasteiger partial charge in [0.1, 0.15) is 0 Å². The molecule has 0 aliphatic rings. The monoisotopic (exact) mass is 316 g/mol. The van der Waals surface area contributed by atoms with Crippen LogP contribution in [0.5, 0.6) is 0 Å². The highest BCUT2D eigenvalue weighted by atomic mass is 79.9. The Bertz CT molecular complexity index is 466. The van der Waals surface area contributed by atoms with Crippen molar-refractivity contribution in [3.05, 3.63) is 55.6 Å². The summed E-state index contributed by atoms with van der Waals surface area (Å²) in [5.74, 6) is 0. The Balaban J connectivity index is 2.08. The number of rotatable bonds is 3. The summed E-state index contributed by atoms with van der Waals surface area (Å²) in [5, 5.41) is 10.7. The van der Waals surface area contributed by atoms with Crippen LogP contribution in [0.1, 0.15) is 16.5 Å². The Labute approximate surface area is 112 Å². The van der Waals surface area contributed by atoms with Crippen LogP contribution in [-0.2, 0) is 6.42 Å². The lowest BCUT2D eigenvalue weighted by Gasteiger charge is -2.09. The largest absolute Gasteiger partial charge is 0.388 e. The molecule has 0 spiro atoms. The van der Waals surface area contributed by atoms with Crippen molar-refractivity contribution >= 4 is 38.9 Å². The van der Waals surface area contributed by atoms with Gasteiger partial charge in [-0.05, 0) is 45.8 Å². The van der Waals surface area contributed by atoms with E-state index in [0.717, 1.165) is 14.2 Å². The van der Waals surface area contributed by atoms with Gasteiger partial charge in [-0.15, -0.1) is 11.3 Å². The number of hydrogen-bond acceptors (Lipinski definition) is 2. The van der Waals surface area contributed by atoms with Crippen molar-refractivity contribution in [3.8, 4) is 0 Å². The molecule has 0 saturated carbocycles. The van der Waals surface area contributed by atoms with Crippen LogP contribution in [-0.4, -0.2) is 5.11 Å². The normalized spacial score (nSPS) is 12.7. The highest BCUT2D eigenvalue weighted by molar-refractivity contribution is 9.11. The fourth-order valence-corrected chi connectivity index (χ4v) is 3.10. The second kappa shape index (κ2) is 5.32. The van der Waals surface area contributed by atoms with Gasteiger partial charge in [-0.3, -0.25) is 0 Å². The lowest BCUT2D eigenvalue weighted by Crippen LogP contribution is -1.99. The zero-order valence-electron chi connectivity index (χ0n) is 8.36. The highest BCUT2D eigenvalue weighted by Crippen LogP contribution is 2.27. The van der Waals surface area contributed by atoms with E-state index in [9.17, 15) is 5.11 Å². The van der Waals surface area contributed by atoms with Crippen LogP contribution in [0.25, 0.3) is 0 Å². The first-order chi connectivity index (χ1) is 7.65. The summed E-state index contributed by atoms with van der Waals surface area (Å²) in [7, 11) is 0. The molecule has 4 heteroatoms. The molecule has 1 nitrogen and oxygen atoms in total. The number of halogens is 2. The zero-order chi connectivity index (χ0) is 11.5. The van der Waals surface area contributed by atoms with Crippen molar-refractivity contribution < 1.29 is 5.11 Å². The summed E-state index contributed by atoms with van der Waals surface area (Å²) in [5.41, 5.74) is 0.897. The van der Waals surface area contributed by atoms with Gasteiger partial charge in [-0.2, -0.15) is 0 Å². The van der Waals surface area contributed by atoms with Crippen LogP contribution in [0.2, 0.25) is 5.02 Å². The Morgan fingerprint density at radius 2 is 1.88 bits per heavy atom. The number of hydrogen-bond donors (Lipinski definition) is 1. The first kappa shape index (κ1) is 12.1. The van der Waals surface area contributed by atoms with Crippen molar-refractivity contribution in [1.29, 1.82) is 0 Å².